The summed E-state index contributed by atoms with van der Waals surface area (Å²) in [7, 11) is 0. The van der Waals surface area contributed by atoms with E-state index in [4.69, 9.17) is 4.52 Å². The van der Waals surface area contributed by atoms with Gasteiger partial charge in [-0.3, -0.25) is 4.79 Å². The molecule has 0 aromatic carbocycles. The Morgan fingerprint density at radius 2 is 2.11 bits per heavy atom. The minimum atomic E-state index is 0. The van der Waals surface area contributed by atoms with E-state index >= 15 is 0 Å². The lowest BCUT2D eigenvalue weighted by Gasteiger charge is -1.97. The summed E-state index contributed by atoms with van der Waals surface area (Å²) < 4.78 is 6.85. The standard InChI is InChI=1S/C12H14N3O2S.BrH/c16-12(4-8-15-6-2-1-3-7-15)18-9-5-11-13-10-14-17-11;/h1-3,6-7,10H,4-5,8-9H2;1H/q+1;/p-1. The van der Waals surface area contributed by atoms with Crippen LogP contribution in [0.1, 0.15) is 12.3 Å². The van der Waals surface area contributed by atoms with E-state index in [9.17, 15) is 4.79 Å². The summed E-state index contributed by atoms with van der Waals surface area (Å²) in [5.74, 6) is 1.26. The van der Waals surface area contributed by atoms with Gasteiger partial charge >= 0.3 is 0 Å². The highest BCUT2D eigenvalue weighted by atomic mass is 79.9. The minimum absolute atomic E-state index is 0. The number of carbonyl (C=O) groups excluding carboxylic acids is 1. The number of hydrogen-bond donors (Lipinski definition) is 0. The van der Waals surface area contributed by atoms with Gasteiger partial charge in [0, 0.05) is 24.3 Å². The minimum Gasteiger partial charge on any atom is -1.00 e. The van der Waals surface area contributed by atoms with Crippen molar-refractivity contribution in [3.05, 3.63) is 42.8 Å². The third-order valence-corrected chi connectivity index (χ3v) is 3.27. The van der Waals surface area contributed by atoms with Gasteiger partial charge in [0.15, 0.2) is 30.4 Å². The molecular formula is C12H14BrN3O2S. The van der Waals surface area contributed by atoms with Crippen molar-refractivity contribution in [2.75, 3.05) is 5.75 Å². The predicted octanol–water partition coefficient (Wildman–Crippen LogP) is -1.75. The Morgan fingerprint density at radius 3 is 2.79 bits per heavy atom. The molecule has 0 saturated carbocycles. The van der Waals surface area contributed by atoms with Crippen molar-refractivity contribution in [1.29, 1.82) is 0 Å². The summed E-state index contributed by atoms with van der Waals surface area (Å²) in [5, 5.41) is 3.70. The van der Waals surface area contributed by atoms with Crippen molar-refractivity contribution in [1.82, 2.24) is 10.1 Å². The molecule has 0 atom stereocenters. The van der Waals surface area contributed by atoms with E-state index in [-0.39, 0.29) is 22.1 Å². The lowest BCUT2D eigenvalue weighted by Crippen LogP contribution is -3.00. The molecule has 0 bridgehead atoms. The number of rotatable bonds is 6. The highest BCUT2D eigenvalue weighted by Gasteiger charge is 2.08. The van der Waals surface area contributed by atoms with Crippen molar-refractivity contribution in [2.45, 2.75) is 19.4 Å². The topological polar surface area (TPSA) is 59.9 Å². The van der Waals surface area contributed by atoms with E-state index in [0.717, 1.165) is 0 Å². The third kappa shape index (κ3) is 5.98. The number of hydrogen-bond acceptors (Lipinski definition) is 5. The van der Waals surface area contributed by atoms with Crippen LogP contribution in [0.3, 0.4) is 0 Å². The van der Waals surface area contributed by atoms with Gasteiger partial charge in [0.1, 0.15) is 0 Å². The van der Waals surface area contributed by atoms with Crippen LogP contribution in [0.4, 0.5) is 0 Å². The maximum absolute atomic E-state index is 11.6. The van der Waals surface area contributed by atoms with Crippen LogP contribution in [0.15, 0.2) is 41.4 Å². The molecule has 0 saturated heterocycles. The molecule has 2 aromatic heterocycles. The molecule has 0 aliphatic heterocycles. The largest absolute Gasteiger partial charge is 1.00 e. The van der Waals surface area contributed by atoms with E-state index < -0.39 is 0 Å². The van der Waals surface area contributed by atoms with Gasteiger partial charge in [0.25, 0.3) is 0 Å². The summed E-state index contributed by atoms with van der Waals surface area (Å²) in [5.41, 5.74) is 0. The van der Waals surface area contributed by atoms with Crippen LogP contribution in [0, 0.1) is 0 Å². The van der Waals surface area contributed by atoms with Gasteiger partial charge in [-0.15, -0.1) is 0 Å². The smallest absolute Gasteiger partial charge is 0.227 e. The average Bonchev–Trinajstić information content (AvgIpc) is 2.91. The first-order valence-electron chi connectivity index (χ1n) is 5.70. The zero-order chi connectivity index (χ0) is 12.6. The van der Waals surface area contributed by atoms with Gasteiger partial charge in [-0.05, 0) is 0 Å². The summed E-state index contributed by atoms with van der Waals surface area (Å²) in [6.07, 6.45) is 6.44. The molecule has 19 heavy (non-hydrogen) atoms. The second-order valence-electron chi connectivity index (χ2n) is 3.67. The zero-order valence-electron chi connectivity index (χ0n) is 10.2. The number of nitrogens with zero attached hydrogens (tertiary/aromatic N) is 3. The molecular weight excluding hydrogens is 330 g/mol. The van der Waals surface area contributed by atoms with Crippen molar-refractivity contribution in [3.8, 4) is 0 Å². The maximum atomic E-state index is 11.6. The Hall–Kier alpha value is -1.21. The van der Waals surface area contributed by atoms with Crippen molar-refractivity contribution < 1.29 is 30.9 Å². The van der Waals surface area contributed by atoms with Crippen molar-refractivity contribution in [3.63, 3.8) is 0 Å². The fourth-order valence-electron chi connectivity index (χ4n) is 1.43. The van der Waals surface area contributed by atoms with Crippen LogP contribution >= 0.6 is 11.8 Å². The molecule has 102 valence electrons. The van der Waals surface area contributed by atoms with Gasteiger partial charge in [-0.2, -0.15) is 4.98 Å². The fourth-order valence-corrected chi connectivity index (χ4v) is 2.17. The van der Waals surface area contributed by atoms with Gasteiger partial charge in [0.2, 0.25) is 5.89 Å². The molecule has 0 aliphatic rings. The molecule has 2 heterocycles. The van der Waals surface area contributed by atoms with E-state index in [1.54, 1.807) is 0 Å². The number of pyridine rings is 1. The SMILES string of the molecule is O=C(CC[n+]1ccccc1)SCCc1ncno1.[Br-]. The van der Waals surface area contributed by atoms with Crippen LogP contribution in [0.5, 0.6) is 0 Å². The first kappa shape index (κ1) is 15.8. The van der Waals surface area contributed by atoms with Crippen LogP contribution in [0.25, 0.3) is 0 Å². The maximum Gasteiger partial charge on any atom is 0.227 e. The van der Waals surface area contributed by atoms with Crippen LogP contribution in [0.2, 0.25) is 0 Å². The van der Waals surface area contributed by atoms with Crippen LogP contribution in [-0.2, 0) is 17.8 Å². The van der Waals surface area contributed by atoms with Gasteiger partial charge in [-0.1, -0.05) is 23.0 Å². The van der Waals surface area contributed by atoms with Gasteiger partial charge in [0.05, 0.1) is 6.42 Å². The fraction of sp³-hybridized carbons (Fsp3) is 0.333. The molecule has 5 nitrogen and oxygen atoms in total. The van der Waals surface area contributed by atoms with Gasteiger partial charge in [-0.25, -0.2) is 4.57 Å². The Labute approximate surface area is 126 Å². The highest BCUT2D eigenvalue weighted by Crippen LogP contribution is 2.08. The normalized spacial score (nSPS) is 9.89. The first-order chi connectivity index (χ1) is 8.84. The summed E-state index contributed by atoms with van der Waals surface area (Å²) in [6, 6.07) is 5.86. The summed E-state index contributed by atoms with van der Waals surface area (Å²) in [4.78, 5) is 15.5. The van der Waals surface area contributed by atoms with Crippen LogP contribution < -0.4 is 21.5 Å². The second kappa shape index (κ2) is 8.82. The molecule has 7 heteroatoms. The Balaban J connectivity index is 0.00000180. The average molecular weight is 344 g/mol. The van der Waals surface area contributed by atoms with Gasteiger partial charge < -0.3 is 21.5 Å². The van der Waals surface area contributed by atoms with E-state index in [2.05, 4.69) is 10.1 Å². The summed E-state index contributed by atoms with van der Waals surface area (Å²) in [6.45, 7) is 0.716. The van der Waals surface area contributed by atoms with Crippen LogP contribution in [-0.4, -0.2) is 21.0 Å². The number of thioether (sulfide) groups is 1. The Bertz CT molecular complexity index is 479. The quantitative estimate of drug-likeness (QED) is 0.582. The third-order valence-electron chi connectivity index (χ3n) is 2.34. The summed E-state index contributed by atoms with van der Waals surface area (Å²) >= 11 is 1.31. The lowest BCUT2D eigenvalue weighted by molar-refractivity contribution is -0.695. The molecule has 0 aliphatic carbocycles. The molecule has 0 N–H and O–H groups in total. The molecule has 0 unspecified atom stereocenters. The Kier molecular flexibility index (Phi) is 7.35. The van der Waals surface area contributed by atoms with E-state index in [1.165, 1.54) is 18.1 Å². The lowest BCUT2D eigenvalue weighted by atomic mass is 10.4. The Morgan fingerprint density at radius 1 is 1.32 bits per heavy atom. The number of halogens is 1. The van der Waals surface area contributed by atoms with E-state index in [1.807, 2.05) is 35.2 Å². The van der Waals surface area contributed by atoms with E-state index in [0.29, 0.717) is 31.0 Å². The second-order valence-corrected chi connectivity index (χ2v) is 4.82. The molecule has 0 amide bonds. The molecule has 0 fully saturated rings. The van der Waals surface area contributed by atoms with Crippen molar-refractivity contribution >= 4 is 16.9 Å². The monoisotopic (exact) mass is 343 g/mol. The highest BCUT2D eigenvalue weighted by molar-refractivity contribution is 8.13. The molecule has 0 spiro atoms. The number of aromatic nitrogens is 3. The first-order valence-corrected chi connectivity index (χ1v) is 6.68. The molecule has 2 rings (SSSR count). The molecule has 0 radical (unpaired) electrons. The number of carbonyl (C=O) groups is 1. The number of aryl methyl sites for hydroxylation is 2. The van der Waals surface area contributed by atoms with Crippen molar-refractivity contribution in [2.24, 2.45) is 0 Å². The predicted molar refractivity (Wildman–Crippen MR) is 66.7 cm³/mol. The molecule has 2 aromatic rings. The zero-order valence-corrected chi connectivity index (χ0v) is 12.6.